The number of carboxylic acid groups (broad SMARTS) is 1. The number of imidazole rings is 1. The second-order valence-electron chi connectivity index (χ2n) is 3.20. The first-order chi connectivity index (χ1) is 8.15. The maximum absolute atomic E-state index is 10.6. The van der Waals surface area contributed by atoms with Gasteiger partial charge in [0.2, 0.25) is 0 Å². The third kappa shape index (κ3) is 3.27. The molecule has 2 N–H and O–H groups in total. The summed E-state index contributed by atoms with van der Waals surface area (Å²) in [5.41, 5.74) is 0.0574. The second kappa shape index (κ2) is 5.28. The van der Waals surface area contributed by atoms with Gasteiger partial charge in [-0.15, -0.1) is 11.3 Å². The van der Waals surface area contributed by atoms with Crippen molar-refractivity contribution in [1.29, 1.82) is 0 Å². The maximum Gasteiger partial charge on any atom is 0.356 e. The standard InChI is InChI=1S/C9H9BrN4O2S/c10-7-4-17-9(13-7)11-1-2-14-3-6(8(15)16)12-5-14/h3-5H,1-2H2,(H,11,13)(H,15,16). The van der Waals surface area contributed by atoms with Crippen LogP contribution in [0.25, 0.3) is 0 Å². The average molecular weight is 317 g/mol. The molecule has 90 valence electrons. The first-order valence-electron chi connectivity index (χ1n) is 4.75. The molecule has 0 saturated heterocycles. The van der Waals surface area contributed by atoms with Crippen LogP contribution in [-0.2, 0) is 6.54 Å². The highest BCUT2D eigenvalue weighted by atomic mass is 79.9. The van der Waals surface area contributed by atoms with Gasteiger partial charge in [-0.25, -0.2) is 14.8 Å². The first-order valence-corrected chi connectivity index (χ1v) is 6.42. The molecule has 0 atom stereocenters. The van der Waals surface area contributed by atoms with Gasteiger partial charge in [0.1, 0.15) is 4.60 Å². The van der Waals surface area contributed by atoms with Gasteiger partial charge in [-0.3, -0.25) is 0 Å². The first kappa shape index (κ1) is 12.1. The van der Waals surface area contributed by atoms with Gasteiger partial charge in [0.05, 0.1) is 6.33 Å². The van der Waals surface area contributed by atoms with Crippen LogP contribution in [0.2, 0.25) is 0 Å². The fourth-order valence-electron chi connectivity index (χ4n) is 1.22. The summed E-state index contributed by atoms with van der Waals surface area (Å²) in [6.45, 7) is 1.30. The minimum absolute atomic E-state index is 0.0574. The van der Waals surface area contributed by atoms with Crippen LogP contribution < -0.4 is 5.32 Å². The number of nitrogens with zero attached hydrogens (tertiary/aromatic N) is 3. The zero-order valence-corrected chi connectivity index (χ0v) is 11.0. The van der Waals surface area contributed by atoms with Crippen LogP contribution >= 0.6 is 27.3 Å². The minimum Gasteiger partial charge on any atom is -0.476 e. The number of nitrogens with one attached hydrogen (secondary N) is 1. The van der Waals surface area contributed by atoms with E-state index in [2.05, 4.69) is 31.2 Å². The molecule has 0 spiro atoms. The van der Waals surface area contributed by atoms with Crippen molar-refractivity contribution in [2.45, 2.75) is 6.54 Å². The zero-order valence-electron chi connectivity index (χ0n) is 8.63. The summed E-state index contributed by atoms with van der Waals surface area (Å²) < 4.78 is 2.53. The number of aromatic nitrogens is 3. The SMILES string of the molecule is O=C(O)c1cn(CCNc2nc(Br)cs2)cn1. The number of carboxylic acids is 1. The second-order valence-corrected chi connectivity index (χ2v) is 4.87. The summed E-state index contributed by atoms with van der Waals surface area (Å²) in [7, 11) is 0. The van der Waals surface area contributed by atoms with Crippen LogP contribution in [0.1, 0.15) is 10.5 Å². The molecule has 17 heavy (non-hydrogen) atoms. The van der Waals surface area contributed by atoms with Crippen molar-refractivity contribution in [2.24, 2.45) is 0 Å². The van der Waals surface area contributed by atoms with Crippen molar-refractivity contribution in [3.05, 3.63) is 28.2 Å². The Labute approximate surface area is 109 Å². The van der Waals surface area contributed by atoms with E-state index in [9.17, 15) is 4.79 Å². The summed E-state index contributed by atoms with van der Waals surface area (Å²) in [4.78, 5) is 18.5. The summed E-state index contributed by atoms with van der Waals surface area (Å²) in [5.74, 6) is -1.01. The molecule has 0 saturated carbocycles. The maximum atomic E-state index is 10.6. The van der Waals surface area contributed by atoms with Crippen LogP contribution in [0.5, 0.6) is 0 Å². The van der Waals surface area contributed by atoms with Gasteiger partial charge in [0.15, 0.2) is 10.8 Å². The predicted octanol–water partition coefficient (Wildman–Crippen LogP) is 1.91. The Morgan fingerprint density at radius 2 is 2.47 bits per heavy atom. The van der Waals surface area contributed by atoms with Crippen molar-refractivity contribution >= 4 is 38.4 Å². The monoisotopic (exact) mass is 316 g/mol. The van der Waals surface area contributed by atoms with Gasteiger partial charge in [-0.05, 0) is 15.9 Å². The van der Waals surface area contributed by atoms with Gasteiger partial charge in [0.25, 0.3) is 0 Å². The van der Waals surface area contributed by atoms with Crippen molar-refractivity contribution in [1.82, 2.24) is 14.5 Å². The van der Waals surface area contributed by atoms with Crippen LogP contribution in [0.15, 0.2) is 22.5 Å². The molecule has 2 rings (SSSR count). The summed E-state index contributed by atoms with van der Waals surface area (Å²) in [5, 5.41) is 14.6. The van der Waals surface area contributed by atoms with Gasteiger partial charge >= 0.3 is 5.97 Å². The third-order valence-electron chi connectivity index (χ3n) is 1.97. The van der Waals surface area contributed by atoms with E-state index in [0.29, 0.717) is 13.1 Å². The fourth-order valence-corrected chi connectivity index (χ4v) is 2.39. The van der Waals surface area contributed by atoms with E-state index in [4.69, 9.17) is 5.11 Å². The lowest BCUT2D eigenvalue weighted by atomic mass is 10.5. The number of hydrogen-bond acceptors (Lipinski definition) is 5. The molecule has 2 heterocycles. The number of carbonyl (C=O) groups is 1. The van der Waals surface area contributed by atoms with E-state index < -0.39 is 5.97 Å². The van der Waals surface area contributed by atoms with Crippen LogP contribution in [0.3, 0.4) is 0 Å². The summed E-state index contributed by atoms with van der Waals surface area (Å²) >= 11 is 4.77. The third-order valence-corrected chi connectivity index (χ3v) is 3.48. The van der Waals surface area contributed by atoms with E-state index in [0.717, 1.165) is 9.73 Å². The number of aromatic carboxylic acids is 1. The molecule has 0 bridgehead atoms. The Morgan fingerprint density at radius 3 is 3.06 bits per heavy atom. The smallest absolute Gasteiger partial charge is 0.356 e. The predicted molar refractivity (Wildman–Crippen MR) is 67.5 cm³/mol. The Balaban J connectivity index is 1.83. The van der Waals surface area contributed by atoms with E-state index in [-0.39, 0.29) is 5.69 Å². The number of halogens is 1. The molecule has 0 fully saturated rings. The van der Waals surface area contributed by atoms with Crippen LogP contribution in [0, 0.1) is 0 Å². The topological polar surface area (TPSA) is 80.0 Å². The Kier molecular flexibility index (Phi) is 3.75. The lowest BCUT2D eigenvalue weighted by Crippen LogP contribution is -2.09. The molecular weight excluding hydrogens is 308 g/mol. The highest BCUT2D eigenvalue weighted by Gasteiger charge is 2.06. The van der Waals surface area contributed by atoms with Crippen molar-refractivity contribution in [3.8, 4) is 0 Å². The van der Waals surface area contributed by atoms with Gasteiger partial charge in [-0.2, -0.15) is 0 Å². The lowest BCUT2D eigenvalue weighted by Gasteiger charge is -2.02. The molecule has 6 nitrogen and oxygen atoms in total. The molecule has 0 aliphatic carbocycles. The molecule has 0 unspecified atom stereocenters. The van der Waals surface area contributed by atoms with Crippen molar-refractivity contribution < 1.29 is 9.90 Å². The zero-order chi connectivity index (χ0) is 12.3. The normalized spacial score (nSPS) is 10.4. The number of anilines is 1. The highest BCUT2D eigenvalue weighted by Crippen LogP contribution is 2.18. The van der Waals surface area contributed by atoms with E-state index in [1.807, 2.05) is 5.38 Å². The molecule has 2 aromatic heterocycles. The number of hydrogen-bond donors (Lipinski definition) is 2. The molecule has 0 aliphatic heterocycles. The average Bonchev–Trinajstić information content (AvgIpc) is 2.88. The van der Waals surface area contributed by atoms with Gasteiger partial charge in [-0.1, -0.05) is 0 Å². The van der Waals surface area contributed by atoms with Crippen molar-refractivity contribution in [3.63, 3.8) is 0 Å². The fraction of sp³-hybridized carbons (Fsp3) is 0.222. The van der Waals surface area contributed by atoms with Crippen LogP contribution in [0.4, 0.5) is 5.13 Å². The molecule has 0 radical (unpaired) electrons. The van der Waals surface area contributed by atoms with E-state index in [1.165, 1.54) is 23.9 Å². The lowest BCUT2D eigenvalue weighted by molar-refractivity contribution is 0.0691. The molecule has 8 heteroatoms. The van der Waals surface area contributed by atoms with E-state index >= 15 is 0 Å². The highest BCUT2D eigenvalue weighted by molar-refractivity contribution is 9.10. The summed E-state index contributed by atoms with van der Waals surface area (Å²) in [6, 6.07) is 0. The van der Waals surface area contributed by atoms with Crippen molar-refractivity contribution in [2.75, 3.05) is 11.9 Å². The van der Waals surface area contributed by atoms with Gasteiger partial charge in [0, 0.05) is 24.7 Å². The number of thiazole rings is 1. The Morgan fingerprint density at radius 1 is 1.65 bits per heavy atom. The Bertz CT molecular complexity index is 525. The molecule has 2 aromatic rings. The van der Waals surface area contributed by atoms with E-state index in [1.54, 1.807) is 4.57 Å². The minimum atomic E-state index is -1.01. The Hall–Kier alpha value is -1.41. The summed E-state index contributed by atoms with van der Waals surface area (Å²) in [6.07, 6.45) is 3.00. The molecule has 0 amide bonds. The van der Waals surface area contributed by atoms with Gasteiger partial charge < -0.3 is 15.0 Å². The molecular formula is C9H9BrN4O2S. The molecule has 0 aromatic carbocycles. The number of rotatable bonds is 5. The molecule has 0 aliphatic rings. The largest absolute Gasteiger partial charge is 0.476 e. The van der Waals surface area contributed by atoms with Crippen LogP contribution in [-0.4, -0.2) is 32.2 Å². The quantitative estimate of drug-likeness (QED) is 0.880.